The van der Waals surface area contributed by atoms with Crippen LogP contribution in [0.4, 0.5) is 0 Å². The van der Waals surface area contributed by atoms with Crippen LogP contribution >= 0.6 is 0 Å². The minimum Gasteiger partial charge on any atom is -0.502 e. The minimum absolute atomic E-state index is 0.0182. The molecule has 1 saturated heterocycles. The second-order valence-corrected chi connectivity index (χ2v) is 12.8. The van der Waals surface area contributed by atoms with Gasteiger partial charge in [0.25, 0.3) is 0 Å². The smallest absolute Gasteiger partial charge is 0.338 e. The number of esters is 1. The molecule has 0 spiro atoms. The fraction of sp³-hybridized carbons (Fsp3) is 0.486. The monoisotopic (exact) mass is 762 g/mol. The lowest BCUT2D eigenvalue weighted by molar-refractivity contribution is -0.304. The van der Waals surface area contributed by atoms with Gasteiger partial charge in [0.2, 0.25) is 17.2 Å². The highest BCUT2D eigenvalue weighted by Gasteiger charge is 2.47. The Morgan fingerprint density at radius 1 is 0.704 bits per heavy atom. The lowest BCUT2D eigenvalue weighted by atomic mass is 9.66. The number of aliphatic hydroxyl groups excluding tert-OH is 4. The molecule has 7 N–H and O–H groups in total. The zero-order valence-corrected chi connectivity index (χ0v) is 30.5. The number of phenolic OH excluding ortho intramolecular Hbond substituents is 3. The van der Waals surface area contributed by atoms with E-state index in [9.17, 15) is 40.5 Å². The van der Waals surface area contributed by atoms with Crippen molar-refractivity contribution in [2.24, 2.45) is 11.8 Å². The predicted octanol–water partition coefficient (Wildman–Crippen LogP) is 1.45. The lowest BCUT2D eigenvalue weighted by Crippen LogP contribution is -2.59. The third kappa shape index (κ3) is 7.55. The number of phenols is 3. The van der Waals surface area contributed by atoms with Crippen LogP contribution in [0.3, 0.4) is 0 Å². The van der Waals surface area contributed by atoms with E-state index < -0.39 is 61.0 Å². The Kier molecular flexibility index (Phi) is 12.7. The highest BCUT2D eigenvalue weighted by Crippen LogP contribution is 2.55. The Morgan fingerprint density at radius 3 is 1.76 bits per heavy atom. The van der Waals surface area contributed by atoms with Crippen molar-refractivity contribution < 1.29 is 83.2 Å². The Morgan fingerprint density at radius 2 is 1.24 bits per heavy atom. The van der Waals surface area contributed by atoms with Gasteiger partial charge in [-0.3, -0.25) is 0 Å². The summed E-state index contributed by atoms with van der Waals surface area (Å²) in [5.41, 5.74) is 1.63. The molecule has 0 amide bonds. The first-order valence-electron chi connectivity index (χ1n) is 16.8. The van der Waals surface area contributed by atoms with Crippen LogP contribution in [-0.2, 0) is 20.6 Å². The second-order valence-electron chi connectivity index (χ2n) is 12.8. The molecule has 1 aliphatic carbocycles. The third-order valence-corrected chi connectivity index (χ3v) is 9.90. The van der Waals surface area contributed by atoms with Gasteiger partial charge in [0, 0.05) is 17.4 Å². The molecule has 296 valence electrons. The topological polar surface area (TPSA) is 242 Å². The Hall–Kier alpha value is -4.91. The molecule has 1 aliphatic heterocycles. The van der Waals surface area contributed by atoms with E-state index in [4.69, 9.17) is 42.6 Å². The summed E-state index contributed by atoms with van der Waals surface area (Å²) in [5.74, 6) is -3.57. The zero-order chi connectivity index (χ0) is 39.4. The standard InChI is InChI=1S/C37H46O17/c1-46-21-9-17(10-22(47-2)29(21)39)27-20(15-53-37-34(44)33(43)31(41)26(13-38)54-37)19(7-16-8-25(50-5)32(42)35(51-6)28(16)27)14-52-36(45)18-11-23(48-3)30(40)24(12-18)49-4/h8-12,19-20,26-27,31,33-34,37-44H,7,13-15H2,1-6H3. The van der Waals surface area contributed by atoms with Crippen molar-refractivity contribution in [1.82, 2.24) is 0 Å². The first-order valence-corrected chi connectivity index (χ1v) is 16.8. The van der Waals surface area contributed by atoms with Crippen molar-refractivity contribution in [3.8, 4) is 51.7 Å². The summed E-state index contributed by atoms with van der Waals surface area (Å²) in [4.78, 5) is 13.6. The van der Waals surface area contributed by atoms with Gasteiger partial charge in [-0.05, 0) is 53.8 Å². The van der Waals surface area contributed by atoms with E-state index in [1.54, 1.807) is 18.2 Å². The molecule has 1 fully saturated rings. The molecule has 54 heavy (non-hydrogen) atoms. The maximum absolute atomic E-state index is 13.6. The molecule has 3 aromatic rings. The molecule has 0 radical (unpaired) electrons. The van der Waals surface area contributed by atoms with Crippen LogP contribution in [0.5, 0.6) is 51.7 Å². The number of aromatic hydroxyl groups is 3. The van der Waals surface area contributed by atoms with Crippen molar-refractivity contribution in [2.45, 2.75) is 43.0 Å². The predicted molar refractivity (Wildman–Crippen MR) is 186 cm³/mol. The Balaban J connectivity index is 1.64. The lowest BCUT2D eigenvalue weighted by Gasteiger charge is -2.43. The van der Waals surface area contributed by atoms with Crippen molar-refractivity contribution in [1.29, 1.82) is 0 Å². The number of ether oxygens (including phenoxy) is 9. The van der Waals surface area contributed by atoms with Gasteiger partial charge < -0.3 is 78.4 Å². The van der Waals surface area contributed by atoms with Gasteiger partial charge >= 0.3 is 5.97 Å². The SMILES string of the molecule is COc1cc(C(=O)OCC2Cc3cc(OC)c(O)c(OC)c3C(c3cc(OC)c(O)c(OC)c3)C2COC2OC(CO)C(O)C(O)C2O)cc(OC)c1O. The molecular weight excluding hydrogens is 716 g/mol. The Labute approximate surface area is 310 Å². The van der Waals surface area contributed by atoms with Crippen molar-refractivity contribution in [3.05, 3.63) is 52.6 Å². The van der Waals surface area contributed by atoms with Gasteiger partial charge in [-0.2, -0.15) is 0 Å². The van der Waals surface area contributed by atoms with E-state index in [2.05, 4.69) is 0 Å². The number of carbonyl (C=O) groups excluding carboxylic acids is 1. The number of hydrogen-bond donors (Lipinski definition) is 7. The van der Waals surface area contributed by atoms with Crippen molar-refractivity contribution >= 4 is 5.97 Å². The molecular formula is C37H46O17. The van der Waals surface area contributed by atoms with E-state index in [1.165, 1.54) is 54.8 Å². The number of rotatable bonds is 14. The molecule has 3 aromatic carbocycles. The van der Waals surface area contributed by atoms with Gasteiger partial charge in [-0.25, -0.2) is 4.79 Å². The van der Waals surface area contributed by atoms with E-state index in [1.807, 2.05) is 0 Å². The molecule has 17 nitrogen and oxygen atoms in total. The zero-order valence-electron chi connectivity index (χ0n) is 30.5. The van der Waals surface area contributed by atoms with Crippen LogP contribution in [0, 0.1) is 11.8 Å². The summed E-state index contributed by atoms with van der Waals surface area (Å²) in [5, 5.41) is 73.9. The number of aliphatic hydroxyl groups is 4. The molecule has 0 aromatic heterocycles. The van der Waals surface area contributed by atoms with Crippen LogP contribution in [0.15, 0.2) is 30.3 Å². The number of methoxy groups -OCH3 is 6. The van der Waals surface area contributed by atoms with Crippen LogP contribution in [-0.4, -0.2) is 135 Å². The molecule has 5 rings (SSSR count). The number of fused-ring (bicyclic) bond motifs is 1. The van der Waals surface area contributed by atoms with Gasteiger partial charge in [0.15, 0.2) is 40.8 Å². The quantitative estimate of drug-likeness (QED) is 0.115. The average molecular weight is 763 g/mol. The molecule has 0 saturated carbocycles. The highest BCUT2D eigenvalue weighted by atomic mass is 16.7. The summed E-state index contributed by atoms with van der Waals surface area (Å²) in [7, 11) is 8.11. The van der Waals surface area contributed by atoms with E-state index in [0.717, 1.165) is 0 Å². The van der Waals surface area contributed by atoms with Gasteiger partial charge in [0.1, 0.15) is 24.4 Å². The average Bonchev–Trinajstić information content (AvgIpc) is 3.18. The van der Waals surface area contributed by atoms with Crippen molar-refractivity contribution in [3.63, 3.8) is 0 Å². The summed E-state index contributed by atoms with van der Waals surface area (Å²) < 4.78 is 50.3. The highest BCUT2D eigenvalue weighted by molar-refractivity contribution is 5.91. The third-order valence-electron chi connectivity index (χ3n) is 9.90. The number of carbonyl (C=O) groups is 1. The van der Waals surface area contributed by atoms with Crippen molar-refractivity contribution in [2.75, 3.05) is 62.5 Å². The van der Waals surface area contributed by atoms with Crippen LogP contribution in [0.2, 0.25) is 0 Å². The van der Waals surface area contributed by atoms with E-state index in [0.29, 0.717) is 16.7 Å². The number of benzene rings is 3. The number of hydrogen-bond acceptors (Lipinski definition) is 17. The van der Waals surface area contributed by atoms with Crippen LogP contribution in [0.25, 0.3) is 0 Å². The summed E-state index contributed by atoms with van der Waals surface area (Å²) in [6.07, 6.45) is -7.62. The van der Waals surface area contributed by atoms with E-state index >= 15 is 0 Å². The van der Waals surface area contributed by atoms with Gasteiger partial charge in [0.05, 0.1) is 68.0 Å². The maximum Gasteiger partial charge on any atom is 0.338 e. The van der Waals surface area contributed by atoms with Gasteiger partial charge in [-0.1, -0.05) is 0 Å². The molecule has 0 bridgehead atoms. The molecule has 2 aliphatic rings. The molecule has 8 unspecified atom stereocenters. The summed E-state index contributed by atoms with van der Waals surface area (Å²) in [6.45, 7) is -1.18. The first-order chi connectivity index (χ1) is 25.9. The summed E-state index contributed by atoms with van der Waals surface area (Å²) >= 11 is 0. The Bertz CT molecular complexity index is 1740. The molecule has 1 heterocycles. The fourth-order valence-electron chi connectivity index (χ4n) is 7.09. The molecule has 17 heteroatoms. The second kappa shape index (κ2) is 17.0. The van der Waals surface area contributed by atoms with Gasteiger partial charge in [-0.15, -0.1) is 0 Å². The maximum atomic E-state index is 13.6. The van der Waals surface area contributed by atoms with Crippen LogP contribution < -0.4 is 28.4 Å². The summed E-state index contributed by atoms with van der Waals surface area (Å²) in [6, 6.07) is 7.36. The fourth-order valence-corrected chi connectivity index (χ4v) is 7.09. The molecule has 8 atom stereocenters. The van der Waals surface area contributed by atoms with Crippen LogP contribution in [0.1, 0.15) is 33.0 Å². The first kappa shape index (κ1) is 40.3. The minimum atomic E-state index is -1.72. The van der Waals surface area contributed by atoms with E-state index in [-0.39, 0.29) is 76.9 Å². The largest absolute Gasteiger partial charge is 0.502 e. The normalized spacial score (nSPS) is 24.9.